The predicted octanol–water partition coefficient (Wildman–Crippen LogP) is -0.193. The van der Waals surface area contributed by atoms with Gasteiger partial charge in [-0.1, -0.05) is 0 Å². The maximum Gasteiger partial charge on any atom is 0.490 e. The molecule has 0 unspecified atom stereocenters. The van der Waals surface area contributed by atoms with Gasteiger partial charge in [-0.3, -0.25) is 0 Å². The van der Waals surface area contributed by atoms with E-state index in [9.17, 15) is 31.4 Å². The first-order valence-electron chi connectivity index (χ1n) is 5.33. The Kier molecular flexibility index (Phi) is 9.02. The van der Waals surface area contributed by atoms with Crippen LogP contribution in [-0.2, 0) is 9.59 Å². The molecule has 0 aliphatic carbocycles. The maximum absolute atomic E-state index is 10.6. The van der Waals surface area contributed by atoms with Crippen molar-refractivity contribution in [1.82, 2.24) is 10.6 Å². The van der Waals surface area contributed by atoms with E-state index in [1.165, 1.54) is 0 Å². The van der Waals surface area contributed by atoms with Gasteiger partial charge < -0.3 is 26.0 Å². The molecule has 0 aromatic rings. The molecule has 1 saturated heterocycles. The number of halogens is 6. The third kappa shape index (κ3) is 11.1. The number of nitrogens with one attached hydrogen (secondary N) is 2. The van der Waals surface area contributed by atoms with Gasteiger partial charge in [0.05, 0.1) is 0 Å². The van der Waals surface area contributed by atoms with E-state index in [1.807, 2.05) is 7.05 Å². The second-order valence-electron chi connectivity index (χ2n) is 3.96. The summed E-state index contributed by atoms with van der Waals surface area (Å²) < 4.78 is 63.5. The number of hydrogen-bond acceptors (Lipinski definition) is 5. The second kappa shape index (κ2) is 8.75. The lowest BCUT2D eigenvalue weighted by Crippen LogP contribution is -2.63. The van der Waals surface area contributed by atoms with Gasteiger partial charge in [0.15, 0.2) is 0 Å². The van der Waals surface area contributed by atoms with Crippen molar-refractivity contribution in [3.8, 4) is 0 Å². The Bertz CT molecular complexity index is 342. The first-order valence-corrected chi connectivity index (χ1v) is 5.33. The number of aliphatic carboxylic acids is 2. The largest absolute Gasteiger partial charge is 0.490 e. The van der Waals surface area contributed by atoms with Crippen LogP contribution in [0.1, 0.15) is 0 Å². The van der Waals surface area contributed by atoms with Gasteiger partial charge in [0, 0.05) is 19.6 Å². The zero-order valence-electron chi connectivity index (χ0n) is 11.0. The van der Waals surface area contributed by atoms with Crippen LogP contribution in [0.25, 0.3) is 0 Å². The van der Waals surface area contributed by atoms with Crippen LogP contribution in [-0.4, -0.2) is 71.9 Å². The monoisotopic (exact) mass is 344 g/mol. The van der Waals surface area contributed by atoms with Crippen LogP contribution in [0.4, 0.5) is 26.3 Å². The number of rotatable bonds is 2. The van der Waals surface area contributed by atoms with E-state index in [4.69, 9.17) is 19.8 Å². The average molecular weight is 344 g/mol. The Labute approximate surface area is 119 Å². The Morgan fingerprint density at radius 2 is 1.32 bits per heavy atom. The van der Waals surface area contributed by atoms with E-state index >= 15 is 0 Å². The summed E-state index contributed by atoms with van der Waals surface area (Å²) in [6.07, 6.45) is -10.2. The highest BCUT2D eigenvalue weighted by Crippen LogP contribution is 2.13. The molecule has 5 N–H and O–H groups in total. The highest BCUT2D eigenvalue weighted by Gasteiger charge is 2.38. The van der Waals surface area contributed by atoms with Crippen molar-refractivity contribution in [2.24, 2.45) is 0 Å². The van der Waals surface area contributed by atoms with Crippen molar-refractivity contribution in [3.05, 3.63) is 0 Å². The lowest BCUT2D eigenvalue weighted by Gasteiger charge is -2.37. The number of likely N-dealkylation sites (N-methyl/N-ethyl adjacent to an activating group) is 1. The Balaban J connectivity index is 0. The smallest absolute Gasteiger partial charge is 0.475 e. The molecule has 1 fully saturated rings. The van der Waals surface area contributed by atoms with Crippen LogP contribution >= 0.6 is 0 Å². The Morgan fingerprint density at radius 1 is 1.05 bits per heavy atom. The van der Waals surface area contributed by atoms with Gasteiger partial charge in [0.25, 0.3) is 0 Å². The summed E-state index contributed by atoms with van der Waals surface area (Å²) in [5.74, 6) is -5.51. The van der Waals surface area contributed by atoms with Gasteiger partial charge in [-0.15, -0.1) is 0 Å². The van der Waals surface area contributed by atoms with Crippen LogP contribution in [0, 0.1) is 0 Å². The number of alkyl halides is 6. The molecule has 0 radical (unpaired) electrons. The van der Waals surface area contributed by atoms with E-state index in [1.54, 1.807) is 0 Å². The van der Waals surface area contributed by atoms with Gasteiger partial charge in [-0.05, 0) is 7.05 Å². The van der Waals surface area contributed by atoms with Crippen molar-refractivity contribution in [2.75, 3.05) is 26.7 Å². The minimum Gasteiger partial charge on any atom is -0.475 e. The fourth-order valence-electron chi connectivity index (χ4n) is 0.868. The molecule has 0 saturated carbocycles. The Morgan fingerprint density at radius 3 is 1.36 bits per heavy atom. The maximum atomic E-state index is 10.6. The summed E-state index contributed by atoms with van der Waals surface area (Å²) in [5.41, 5.74) is -0.450. The topological polar surface area (TPSA) is 119 Å². The standard InChI is InChI=1S/C5H12N2O.2C2HF3O2/c1-6-2-5(8)3-7-4-5;2*3-2(4,5)1(6)7/h6-8H,2-4H2,1H3;2*(H,6,7). The molecule has 22 heavy (non-hydrogen) atoms. The van der Waals surface area contributed by atoms with Crippen LogP contribution in [0.5, 0.6) is 0 Å². The van der Waals surface area contributed by atoms with E-state index in [2.05, 4.69) is 10.6 Å². The zero-order chi connectivity index (χ0) is 18.2. The number of hydrogen-bond donors (Lipinski definition) is 5. The molecule has 7 nitrogen and oxygen atoms in total. The number of carboxylic acids is 2. The van der Waals surface area contributed by atoms with Crippen molar-refractivity contribution in [3.63, 3.8) is 0 Å². The van der Waals surface area contributed by atoms with Crippen molar-refractivity contribution < 1.29 is 51.3 Å². The second-order valence-corrected chi connectivity index (χ2v) is 3.96. The van der Waals surface area contributed by atoms with Crippen LogP contribution in [0.15, 0.2) is 0 Å². The Hall–Kier alpha value is -1.60. The third-order valence-electron chi connectivity index (χ3n) is 1.90. The first-order chi connectivity index (χ1) is 9.65. The van der Waals surface area contributed by atoms with E-state index in [0.29, 0.717) is 6.54 Å². The van der Waals surface area contributed by atoms with Gasteiger partial charge >= 0.3 is 24.3 Å². The molecule has 1 aliphatic rings. The molecule has 0 aromatic heterocycles. The summed E-state index contributed by atoms with van der Waals surface area (Å²) in [4.78, 5) is 17.8. The molecule has 1 heterocycles. The average Bonchev–Trinajstić information content (AvgIpc) is 2.26. The molecule has 132 valence electrons. The number of aliphatic hydroxyl groups is 1. The minimum atomic E-state index is -5.08. The molecule has 0 aromatic carbocycles. The first kappa shape index (κ1) is 22.7. The molecule has 0 amide bonds. The van der Waals surface area contributed by atoms with Gasteiger partial charge in [0.1, 0.15) is 5.60 Å². The SMILES string of the molecule is CNCC1(O)CNC1.O=C(O)C(F)(F)F.O=C(O)C(F)(F)F. The minimum absolute atomic E-state index is 0.450. The normalized spacial score (nSPS) is 16.2. The molecule has 13 heteroatoms. The predicted molar refractivity (Wildman–Crippen MR) is 59.1 cm³/mol. The van der Waals surface area contributed by atoms with E-state index in [0.717, 1.165) is 13.1 Å². The highest BCUT2D eigenvalue weighted by atomic mass is 19.4. The van der Waals surface area contributed by atoms with Gasteiger partial charge in [-0.25, -0.2) is 9.59 Å². The summed E-state index contributed by atoms with van der Waals surface area (Å²) in [7, 11) is 1.84. The molecule has 0 atom stereocenters. The van der Waals surface area contributed by atoms with Crippen LogP contribution in [0.2, 0.25) is 0 Å². The zero-order valence-corrected chi connectivity index (χ0v) is 11.0. The molecule has 0 bridgehead atoms. The molecule has 0 spiro atoms. The fourth-order valence-corrected chi connectivity index (χ4v) is 0.868. The number of carboxylic acid groups (broad SMARTS) is 2. The quantitative estimate of drug-likeness (QED) is 0.441. The number of β-amino-alcohol motifs (C(OH)–C–C–N with tert-alkyl or cyclic N) is 1. The highest BCUT2D eigenvalue weighted by molar-refractivity contribution is 5.73. The van der Waals surface area contributed by atoms with Gasteiger partial charge in [0.2, 0.25) is 0 Å². The fraction of sp³-hybridized carbons (Fsp3) is 0.778. The van der Waals surface area contributed by atoms with E-state index in [-0.39, 0.29) is 0 Å². The lowest BCUT2D eigenvalue weighted by atomic mass is 9.98. The van der Waals surface area contributed by atoms with Gasteiger partial charge in [-0.2, -0.15) is 26.3 Å². The summed E-state index contributed by atoms with van der Waals surface area (Å²) in [6, 6.07) is 0. The van der Waals surface area contributed by atoms with Crippen molar-refractivity contribution in [2.45, 2.75) is 18.0 Å². The molecule has 1 rings (SSSR count). The van der Waals surface area contributed by atoms with Crippen LogP contribution in [0.3, 0.4) is 0 Å². The summed E-state index contributed by atoms with van der Waals surface area (Å²) in [5, 5.41) is 29.5. The summed E-state index contributed by atoms with van der Waals surface area (Å²) >= 11 is 0. The summed E-state index contributed by atoms with van der Waals surface area (Å²) in [6.45, 7) is 2.15. The van der Waals surface area contributed by atoms with E-state index < -0.39 is 29.9 Å². The van der Waals surface area contributed by atoms with Crippen molar-refractivity contribution in [1.29, 1.82) is 0 Å². The van der Waals surface area contributed by atoms with Crippen molar-refractivity contribution >= 4 is 11.9 Å². The molecular formula is C9H14F6N2O5. The molecular weight excluding hydrogens is 330 g/mol. The molecule has 1 aliphatic heterocycles. The number of carbonyl (C=O) groups is 2. The van der Waals surface area contributed by atoms with Crippen LogP contribution < -0.4 is 10.6 Å². The third-order valence-corrected chi connectivity index (χ3v) is 1.90. The lowest BCUT2D eigenvalue weighted by molar-refractivity contribution is -0.193.